The Morgan fingerprint density at radius 2 is 1.66 bits per heavy atom. The highest BCUT2D eigenvalue weighted by Crippen LogP contribution is 2.48. The number of carboxylic acids is 1. The van der Waals surface area contributed by atoms with Gasteiger partial charge in [-0.25, -0.2) is 9.59 Å². The van der Waals surface area contributed by atoms with E-state index >= 15 is 0 Å². The summed E-state index contributed by atoms with van der Waals surface area (Å²) < 4.78 is 4.85. The Labute approximate surface area is 247 Å². The minimum absolute atomic E-state index is 0.249. The molecule has 0 saturated carbocycles. The molecule has 220 valence electrons. The Morgan fingerprint density at radius 1 is 0.976 bits per heavy atom. The maximum Gasteiger partial charge on any atom is 0.408 e. The molecule has 3 atom stereocenters. The van der Waals surface area contributed by atoms with Gasteiger partial charge >= 0.3 is 12.1 Å². The minimum Gasteiger partial charge on any atom is -0.480 e. The number of carbonyl (C=O) groups is 3. The van der Waals surface area contributed by atoms with Crippen molar-refractivity contribution in [2.24, 2.45) is 0 Å². The summed E-state index contributed by atoms with van der Waals surface area (Å²) in [6.45, 7) is 5.57. The Hall–Kier alpha value is -3.26. The number of ether oxygens (including phenoxy) is 1. The van der Waals surface area contributed by atoms with Gasteiger partial charge in [0.15, 0.2) is 0 Å². The molecule has 0 spiro atoms. The van der Waals surface area contributed by atoms with Crippen molar-refractivity contribution in [3.63, 3.8) is 0 Å². The van der Waals surface area contributed by atoms with Gasteiger partial charge in [-0.15, -0.1) is 11.8 Å². The number of thioether (sulfide) groups is 1. The number of alkyl carbamates (subject to hydrolysis) is 1. The van der Waals surface area contributed by atoms with Crippen LogP contribution in [0.2, 0.25) is 0 Å². The summed E-state index contributed by atoms with van der Waals surface area (Å²) in [5.74, 6) is -0.680. The Balaban J connectivity index is 1.67. The van der Waals surface area contributed by atoms with Gasteiger partial charge in [-0.3, -0.25) is 4.79 Å². The average molecular weight is 579 g/mol. The van der Waals surface area contributed by atoms with E-state index in [4.69, 9.17) is 4.74 Å². The number of benzene rings is 2. The molecule has 2 aromatic carbocycles. The number of rotatable bonds is 4. The molecule has 0 radical (unpaired) electrons. The molecule has 0 aromatic heterocycles. The van der Waals surface area contributed by atoms with Crippen LogP contribution in [0.15, 0.2) is 66.7 Å². The lowest BCUT2D eigenvalue weighted by Crippen LogP contribution is -2.52. The van der Waals surface area contributed by atoms with E-state index in [9.17, 15) is 19.5 Å². The van der Waals surface area contributed by atoms with Crippen molar-refractivity contribution in [2.75, 3.05) is 12.3 Å². The normalized spacial score (nSPS) is 24.3. The van der Waals surface area contributed by atoms with Crippen molar-refractivity contribution in [1.29, 1.82) is 0 Å². The summed E-state index contributed by atoms with van der Waals surface area (Å²) in [6.07, 6.45) is 9.20. The molecule has 2 aromatic rings. The average Bonchev–Trinajstić information content (AvgIpc) is 3.33. The maximum absolute atomic E-state index is 14.0. The Kier molecular flexibility index (Phi) is 10.2. The van der Waals surface area contributed by atoms with Crippen LogP contribution in [0, 0.1) is 0 Å². The first-order chi connectivity index (χ1) is 19.6. The van der Waals surface area contributed by atoms with Crippen molar-refractivity contribution < 1.29 is 24.2 Å². The van der Waals surface area contributed by atoms with Crippen LogP contribution in [-0.2, 0) is 19.1 Å². The number of fused-ring (bicyclic) bond motifs is 2. The summed E-state index contributed by atoms with van der Waals surface area (Å²) in [4.78, 5) is 40.8. The summed E-state index contributed by atoms with van der Waals surface area (Å²) in [7, 11) is 0. The van der Waals surface area contributed by atoms with E-state index < -0.39 is 34.5 Å². The lowest BCUT2D eigenvalue weighted by Gasteiger charge is -2.31. The molecule has 8 heteroatoms. The number of hydrogen-bond acceptors (Lipinski definition) is 5. The molecule has 2 bridgehead atoms. The molecule has 1 fully saturated rings. The second-order valence-corrected chi connectivity index (χ2v) is 13.3. The first kappa shape index (κ1) is 30.7. The number of nitrogens with zero attached hydrogens (tertiary/aromatic N) is 1. The topological polar surface area (TPSA) is 95.9 Å². The zero-order chi connectivity index (χ0) is 29.5. The number of carboxylic acid groups (broad SMARTS) is 1. The Bertz CT molecular complexity index is 1220. The number of hydrogen-bond donors (Lipinski definition) is 2. The van der Waals surface area contributed by atoms with Crippen LogP contribution in [0.1, 0.15) is 71.3 Å². The number of amides is 2. The second-order valence-electron chi connectivity index (χ2n) is 11.9. The van der Waals surface area contributed by atoms with Gasteiger partial charge in [0.2, 0.25) is 5.91 Å². The highest BCUT2D eigenvalue weighted by Gasteiger charge is 2.51. The van der Waals surface area contributed by atoms with E-state index in [0.717, 1.165) is 48.8 Å². The van der Waals surface area contributed by atoms with Crippen LogP contribution < -0.4 is 5.32 Å². The third-order valence-electron chi connectivity index (χ3n) is 7.64. The lowest BCUT2D eigenvalue weighted by molar-refractivity contribution is -0.149. The third kappa shape index (κ3) is 8.15. The third-order valence-corrected chi connectivity index (χ3v) is 9.08. The van der Waals surface area contributed by atoms with E-state index in [2.05, 4.69) is 53.9 Å². The fraction of sp³-hybridized carbons (Fsp3) is 0.485. The smallest absolute Gasteiger partial charge is 0.408 e. The van der Waals surface area contributed by atoms with Crippen LogP contribution >= 0.6 is 11.8 Å². The Morgan fingerprint density at radius 3 is 2.34 bits per heavy atom. The summed E-state index contributed by atoms with van der Waals surface area (Å²) >= 11 is 1.69. The molecule has 41 heavy (non-hydrogen) atoms. The fourth-order valence-electron chi connectivity index (χ4n) is 5.58. The van der Waals surface area contributed by atoms with Crippen LogP contribution in [0.25, 0.3) is 11.1 Å². The quantitative estimate of drug-likeness (QED) is 0.389. The van der Waals surface area contributed by atoms with E-state index in [-0.39, 0.29) is 18.9 Å². The largest absolute Gasteiger partial charge is 0.480 e. The van der Waals surface area contributed by atoms with E-state index in [1.807, 2.05) is 18.2 Å². The van der Waals surface area contributed by atoms with Gasteiger partial charge in [0.25, 0.3) is 0 Å². The number of aliphatic carboxylic acids is 1. The van der Waals surface area contributed by atoms with Crippen molar-refractivity contribution in [1.82, 2.24) is 10.2 Å². The molecule has 7 nitrogen and oxygen atoms in total. The molecule has 0 unspecified atom stereocenters. The molecule has 0 aliphatic carbocycles. The van der Waals surface area contributed by atoms with E-state index in [0.29, 0.717) is 12.2 Å². The number of allylic oxidation sites excluding steroid dienone is 1. The lowest BCUT2D eigenvalue weighted by atomic mass is 9.93. The van der Waals surface area contributed by atoms with Gasteiger partial charge in [0, 0.05) is 12.3 Å². The van der Waals surface area contributed by atoms with Crippen LogP contribution in [0.5, 0.6) is 0 Å². The molecule has 2 aliphatic rings. The molecular formula is C33H42N2O5S. The van der Waals surface area contributed by atoms with Gasteiger partial charge in [0.1, 0.15) is 17.7 Å². The van der Waals surface area contributed by atoms with Crippen LogP contribution in [-0.4, -0.2) is 58.0 Å². The highest BCUT2D eigenvalue weighted by atomic mass is 32.2. The zero-order valence-electron chi connectivity index (χ0n) is 24.3. The molecule has 2 aliphatic heterocycles. The van der Waals surface area contributed by atoms with Crippen molar-refractivity contribution in [3.05, 3.63) is 72.3 Å². The van der Waals surface area contributed by atoms with Gasteiger partial charge in [-0.2, -0.15) is 0 Å². The van der Waals surface area contributed by atoms with Gasteiger partial charge in [0.05, 0.1) is 4.75 Å². The predicted octanol–water partition coefficient (Wildman–Crippen LogP) is 6.77. The van der Waals surface area contributed by atoms with Gasteiger partial charge in [-0.05, 0) is 63.1 Å². The fourth-order valence-corrected chi connectivity index (χ4v) is 6.94. The predicted molar refractivity (Wildman–Crippen MR) is 164 cm³/mol. The molecule has 4 rings (SSSR count). The zero-order valence-corrected chi connectivity index (χ0v) is 25.1. The molecule has 2 N–H and O–H groups in total. The van der Waals surface area contributed by atoms with E-state index in [1.54, 1.807) is 32.5 Å². The first-order valence-electron chi connectivity index (χ1n) is 14.6. The van der Waals surface area contributed by atoms with Crippen LogP contribution in [0.4, 0.5) is 4.79 Å². The monoisotopic (exact) mass is 578 g/mol. The molecule has 1 saturated heterocycles. The van der Waals surface area contributed by atoms with Crippen molar-refractivity contribution >= 4 is 29.7 Å². The maximum atomic E-state index is 14.0. The summed E-state index contributed by atoms with van der Waals surface area (Å²) in [5, 5.41) is 13.1. The molecule has 2 amide bonds. The second kappa shape index (κ2) is 13.6. The number of nitrogens with one attached hydrogen (secondary N) is 1. The van der Waals surface area contributed by atoms with Crippen LogP contribution in [0.3, 0.4) is 0 Å². The number of carbonyl (C=O) groups excluding carboxylic acids is 2. The van der Waals surface area contributed by atoms with Crippen molar-refractivity contribution in [3.8, 4) is 11.1 Å². The first-order valence-corrected chi connectivity index (χ1v) is 15.5. The summed E-state index contributed by atoms with van der Waals surface area (Å²) in [5.41, 5.74) is 2.47. The SMILES string of the molecule is CC(C)(C)OC(=O)N[C@H]1CCCCCCC=CCS[C@@]2(c3ccc(-c4ccccc4)cc3)C[C@@H](C(=O)O)N(C2)C1=O. The molecule has 2 heterocycles. The minimum atomic E-state index is -1.03. The molecular weight excluding hydrogens is 536 g/mol. The van der Waals surface area contributed by atoms with Gasteiger partial charge < -0.3 is 20.1 Å². The summed E-state index contributed by atoms with van der Waals surface area (Å²) in [6, 6.07) is 16.5. The standard InChI is InChI=1S/C33H42N2O5S/c1-32(2,3)40-31(39)34-27-16-12-7-5-4-6-8-13-21-41-33(22-28(30(37)38)35(23-33)29(27)36)26-19-17-25(18-20-26)24-14-10-9-11-15-24/h8-11,13-15,17-20,27-28H,4-7,12,16,21-23H2,1-3H3,(H,34,39)(H,37,38)/t27-,28-,33-/m0/s1. The highest BCUT2D eigenvalue weighted by molar-refractivity contribution is 8.00. The van der Waals surface area contributed by atoms with E-state index in [1.165, 1.54) is 4.90 Å². The van der Waals surface area contributed by atoms with Gasteiger partial charge in [-0.1, -0.05) is 86.0 Å². The van der Waals surface area contributed by atoms with Crippen molar-refractivity contribution in [2.45, 2.75) is 88.1 Å².